The molecular formula is C10H11NO7S. The molecule has 0 fully saturated rings. The van der Waals surface area contributed by atoms with Gasteiger partial charge >= 0.3 is 5.97 Å². The largest absolute Gasteiger partial charge is 0.480 e. The van der Waals surface area contributed by atoms with Crippen molar-refractivity contribution in [2.45, 2.75) is 10.1 Å². The first-order chi connectivity index (χ1) is 8.80. The number of ether oxygens (including phenoxy) is 1. The number of nitrogens with zero attached hydrogens (tertiary/aromatic N) is 1. The van der Waals surface area contributed by atoms with Gasteiger partial charge in [-0.1, -0.05) is 0 Å². The van der Waals surface area contributed by atoms with Gasteiger partial charge in [0.05, 0.1) is 16.4 Å². The first-order valence-electron chi connectivity index (χ1n) is 5.00. The summed E-state index contributed by atoms with van der Waals surface area (Å²) in [6, 6.07) is 4.00. The van der Waals surface area contributed by atoms with E-state index < -0.39 is 32.6 Å². The molecule has 0 saturated heterocycles. The summed E-state index contributed by atoms with van der Waals surface area (Å²) < 4.78 is 28.6. The molecule has 0 spiro atoms. The number of carbonyl (C=O) groups is 1. The summed E-state index contributed by atoms with van der Waals surface area (Å²) in [5.41, 5.74) is -0.280. The van der Waals surface area contributed by atoms with Crippen LogP contribution in [0.4, 0.5) is 5.69 Å². The average molecular weight is 289 g/mol. The van der Waals surface area contributed by atoms with Crippen LogP contribution in [0.25, 0.3) is 0 Å². The van der Waals surface area contributed by atoms with Crippen LogP contribution in [0.1, 0.15) is 0 Å². The zero-order valence-corrected chi connectivity index (χ0v) is 10.7. The lowest BCUT2D eigenvalue weighted by atomic mass is 10.3. The Labute approximate surface area is 108 Å². The van der Waals surface area contributed by atoms with E-state index in [1.165, 1.54) is 7.11 Å². The van der Waals surface area contributed by atoms with E-state index in [-0.39, 0.29) is 10.6 Å². The Hall–Kier alpha value is -2.00. The van der Waals surface area contributed by atoms with Gasteiger partial charge in [0.15, 0.2) is 15.1 Å². The van der Waals surface area contributed by atoms with E-state index in [1.54, 1.807) is 0 Å². The summed E-state index contributed by atoms with van der Waals surface area (Å²) in [6.07, 6.45) is 0. The minimum Gasteiger partial charge on any atom is -0.480 e. The molecule has 0 bridgehead atoms. The molecule has 0 aliphatic carbocycles. The predicted molar refractivity (Wildman–Crippen MR) is 63.6 cm³/mol. The predicted octanol–water partition coefficient (Wildman–Crippen LogP) is 0.468. The number of hydrogen-bond donors (Lipinski definition) is 1. The number of carboxylic acids is 1. The molecule has 0 amide bonds. The molecule has 0 aliphatic rings. The van der Waals surface area contributed by atoms with Gasteiger partial charge in [-0.3, -0.25) is 14.9 Å². The van der Waals surface area contributed by atoms with Crippen LogP contribution in [0.15, 0.2) is 29.2 Å². The summed E-state index contributed by atoms with van der Waals surface area (Å²) in [5.74, 6) is -1.54. The van der Waals surface area contributed by atoms with Crippen molar-refractivity contribution in [3.05, 3.63) is 34.4 Å². The van der Waals surface area contributed by atoms with Gasteiger partial charge in [0, 0.05) is 19.2 Å². The number of aliphatic carboxylic acids is 1. The summed E-state index contributed by atoms with van der Waals surface area (Å²) in [5, 5.41) is 17.6. The highest BCUT2D eigenvalue weighted by Crippen LogP contribution is 2.20. The molecule has 9 heteroatoms. The maximum atomic E-state index is 12.0. The molecule has 19 heavy (non-hydrogen) atoms. The van der Waals surface area contributed by atoms with Gasteiger partial charge in [0.2, 0.25) is 0 Å². The number of sulfone groups is 1. The Morgan fingerprint density at radius 2 is 1.95 bits per heavy atom. The Balaban J connectivity index is 3.18. The highest BCUT2D eigenvalue weighted by molar-refractivity contribution is 7.92. The smallest absolute Gasteiger partial charge is 0.324 e. The van der Waals surface area contributed by atoms with E-state index in [2.05, 4.69) is 4.74 Å². The van der Waals surface area contributed by atoms with Crippen LogP contribution in [-0.4, -0.2) is 43.4 Å². The Morgan fingerprint density at radius 1 is 1.42 bits per heavy atom. The number of rotatable bonds is 6. The SMILES string of the molecule is COCC(C(=O)O)S(=O)(=O)c1ccc([N+](=O)[O-])cc1. The Kier molecular flexibility index (Phi) is 4.57. The van der Waals surface area contributed by atoms with Gasteiger partial charge in [-0.2, -0.15) is 0 Å². The van der Waals surface area contributed by atoms with Crippen molar-refractivity contribution in [3.63, 3.8) is 0 Å². The van der Waals surface area contributed by atoms with Gasteiger partial charge < -0.3 is 9.84 Å². The average Bonchev–Trinajstić information content (AvgIpc) is 2.35. The second-order valence-corrected chi connectivity index (χ2v) is 5.71. The fourth-order valence-corrected chi connectivity index (χ4v) is 2.79. The molecule has 8 nitrogen and oxygen atoms in total. The van der Waals surface area contributed by atoms with Crippen molar-refractivity contribution in [1.82, 2.24) is 0 Å². The maximum absolute atomic E-state index is 12.0. The number of methoxy groups -OCH3 is 1. The summed E-state index contributed by atoms with van der Waals surface area (Å²) in [6.45, 7) is -0.505. The third kappa shape index (κ3) is 3.26. The minimum absolute atomic E-state index is 0.280. The fraction of sp³-hybridized carbons (Fsp3) is 0.300. The van der Waals surface area contributed by atoms with E-state index in [1.807, 2.05) is 0 Å². The molecule has 1 atom stereocenters. The summed E-state index contributed by atoms with van der Waals surface area (Å²) >= 11 is 0. The minimum atomic E-state index is -4.15. The highest BCUT2D eigenvalue weighted by Gasteiger charge is 2.34. The molecule has 1 rings (SSSR count). The first-order valence-corrected chi connectivity index (χ1v) is 6.55. The van der Waals surface area contributed by atoms with Crippen LogP contribution in [0.5, 0.6) is 0 Å². The van der Waals surface area contributed by atoms with Gasteiger partial charge in [-0.15, -0.1) is 0 Å². The molecular weight excluding hydrogens is 278 g/mol. The van der Waals surface area contributed by atoms with Gasteiger partial charge in [0.25, 0.3) is 5.69 Å². The van der Waals surface area contributed by atoms with E-state index in [0.717, 1.165) is 24.3 Å². The van der Waals surface area contributed by atoms with Crippen LogP contribution >= 0.6 is 0 Å². The molecule has 0 radical (unpaired) electrons. The quantitative estimate of drug-likeness (QED) is 0.596. The van der Waals surface area contributed by atoms with Crippen molar-refractivity contribution >= 4 is 21.5 Å². The molecule has 0 aliphatic heterocycles. The zero-order valence-electron chi connectivity index (χ0n) is 9.85. The van der Waals surface area contributed by atoms with Crippen molar-refractivity contribution in [1.29, 1.82) is 0 Å². The Morgan fingerprint density at radius 3 is 2.32 bits per heavy atom. The molecule has 0 heterocycles. The molecule has 0 aromatic heterocycles. The van der Waals surface area contributed by atoms with E-state index in [9.17, 15) is 23.3 Å². The third-order valence-electron chi connectivity index (χ3n) is 2.34. The van der Waals surface area contributed by atoms with E-state index >= 15 is 0 Å². The van der Waals surface area contributed by atoms with Crippen LogP contribution < -0.4 is 0 Å². The van der Waals surface area contributed by atoms with Crippen LogP contribution in [0, 0.1) is 10.1 Å². The van der Waals surface area contributed by atoms with Crippen molar-refractivity contribution in [2.75, 3.05) is 13.7 Å². The fourth-order valence-electron chi connectivity index (χ4n) is 1.37. The first kappa shape index (κ1) is 15.1. The van der Waals surface area contributed by atoms with Gasteiger partial charge in [-0.05, 0) is 12.1 Å². The van der Waals surface area contributed by atoms with Crippen LogP contribution in [0.2, 0.25) is 0 Å². The molecule has 1 N–H and O–H groups in total. The highest BCUT2D eigenvalue weighted by atomic mass is 32.2. The normalized spacial score (nSPS) is 12.9. The molecule has 0 saturated carbocycles. The lowest BCUT2D eigenvalue weighted by Gasteiger charge is -2.12. The second kappa shape index (κ2) is 5.76. The summed E-state index contributed by atoms with van der Waals surface area (Å²) in [4.78, 5) is 20.4. The number of hydrogen-bond acceptors (Lipinski definition) is 6. The zero-order chi connectivity index (χ0) is 14.6. The monoisotopic (exact) mass is 289 g/mol. The Bertz CT molecular complexity index is 578. The van der Waals surface area contributed by atoms with E-state index in [4.69, 9.17) is 5.11 Å². The van der Waals surface area contributed by atoms with Crippen LogP contribution in [0.3, 0.4) is 0 Å². The number of nitro benzene ring substituents is 1. The van der Waals surface area contributed by atoms with Crippen LogP contribution in [-0.2, 0) is 19.4 Å². The van der Waals surface area contributed by atoms with Crippen molar-refractivity contribution in [2.24, 2.45) is 0 Å². The number of non-ortho nitro benzene ring substituents is 1. The van der Waals surface area contributed by atoms with Crippen molar-refractivity contribution < 1.29 is 28.0 Å². The lowest BCUT2D eigenvalue weighted by molar-refractivity contribution is -0.384. The second-order valence-electron chi connectivity index (χ2n) is 3.58. The molecule has 1 aromatic rings. The third-order valence-corrected chi connectivity index (χ3v) is 4.36. The number of nitro groups is 1. The maximum Gasteiger partial charge on any atom is 0.324 e. The van der Waals surface area contributed by atoms with Gasteiger partial charge in [0.1, 0.15) is 0 Å². The molecule has 104 valence electrons. The molecule has 1 unspecified atom stereocenters. The standard InChI is InChI=1S/C10H11NO7S/c1-18-6-9(10(12)13)19(16,17)8-4-2-7(3-5-8)11(14)15/h2-5,9H,6H2,1H3,(H,12,13). The van der Waals surface area contributed by atoms with Gasteiger partial charge in [-0.25, -0.2) is 8.42 Å². The molecule has 1 aromatic carbocycles. The van der Waals surface area contributed by atoms with E-state index in [0.29, 0.717) is 0 Å². The number of carboxylic acid groups (broad SMARTS) is 1. The lowest BCUT2D eigenvalue weighted by Crippen LogP contribution is -2.34. The van der Waals surface area contributed by atoms with Crippen molar-refractivity contribution in [3.8, 4) is 0 Å². The summed E-state index contributed by atoms with van der Waals surface area (Å²) in [7, 11) is -2.97. The number of benzene rings is 1. The topological polar surface area (TPSA) is 124 Å².